The number of carbonyl (C=O) groups excluding carboxylic acids is 3. The summed E-state index contributed by atoms with van der Waals surface area (Å²) in [5.41, 5.74) is 0.577. The van der Waals surface area contributed by atoms with E-state index in [2.05, 4.69) is 12.2 Å². The minimum atomic E-state index is -0.817. The van der Waals surface area contributed by atoms with Gasteiger partial charge >= 0.3 is 6.03 Å². The Morgan fingerprint density at radius 2 is 1.77 bits per heavy atom. The van der Waals surface area contributed by atoms with E-state index in [0.29, 0.717) is 41.0 Å². The Kier molecular flexibility index (Phi) is 7.31. The highest BCUT2D eigenvalue weighted by Gasteiger charge is 2.37. The quantitative estimate of drug-likeness (QED) is 0.367. The molecule has 0 bridgehead atoms. The summed E-state index contributed by atoms with van der Waals surface area (Å²) < 4.78 is 11.2. The van der Waals surface area contributed by atoms with Gasteiger partial charge in [-0.1, -0.05) is 24.9 Å². The monoisotopic (exact) mass is 442 g/mol. The number of barbiturate groups is 1. The van der Waals surface area contributed by atoms with Crippen LogP contribution in [-0.2, 0) is 9.59 Å². The number of hydrogen-bond acceptors (Lipinski definition) is 5. The molecule has 0 spiro atoms. The molecule has 2 aromatic rings. The third-order valence-electron chi connectivity index (χ3n) is 4.53. The number of anilines is 1. The van der Waals surface area contributed by atoms with Crippen LogP contribution >= 0.6 is 11.6 Å². The number of unbranched alkanes of at least 4 members (excludes halogenated alkanes) is 1. The van der Waals surface area contributed by atoms with Crippen molar-refractivity contribution in [3.8, 4) is 11.5 Å². The molecule has 31 heavy (non-hydrogen) atoms. The molecule has 162 valence electrons. The number of urea groups is 1. The zero-order chi connectivity index (χ0) is 22.4. The smallest absolute Gasteiger partial charge is 0.335 e. The van der Waals surface area contributed by atoms with Crippen LogP contribution in [0.5, 0.6) is 11.5 Å². The van der Waals surface area contributed by atoms with Crippen LogP contribution in [0.2, 0.25) is 5.02 Å². The summed E-state index contributed by atoms with van der Waals surface area (Å²) in [4.78, 5) is 38.8. The second-order valence-corrected chi connectivity index (χ2v) is 7.21. The maximum absolute atomic E-state index is 13.1. The number of nitrogens with one attached hydrogen (secondary N) is 1. The third-order valence-corrected chi connectivity index (χ3v) is 4.77. The van der Waals surface area contributed by atoms with Gasteiger partial charge in [-0.15, -0.1) is 0 Å². The molecule has 0 radical (unpaired) electrons. The molecule has 1 saturated heterocycles. The Bertz CT molecular complexity index is 1020. The Morgan fingerprint density at radius 3 is 2.45 bits per heavy atom. The highest BCUT2D eigenvalue weighted by Crippen LogP contribution is 2.28. The first-order valence-corrected chi connectivity index (χ1v) is 10.4. The second kappa shape index (κ2) is 10.1. The summed E-state index contributed by atoms with van der Waals surface area (Å²) >= 11 is 6.07. The fourth-order valence-electron chi connectivity index (χ4n) is 2.99. The molecule has 1 fully saturated rings. The average molecular weight is 443 g/mol. The van der Waals surface area contributed by atoms with E-state index in [1.165, 1.54) is 6.08 Å². The lowest BCUT2D eigenvalue weighted by Crippen LogP contribution is -2.54. The molecule has 1 aliphatic heterocycles. The molecule has 1 aliphatic rings. The van der Waals surface area contributed by atoms with Crippen molar-refractivity contribution in [1.82, 2.24) is 5.32 Å². The van der Waals surface area contributed by atoms with Crippen molar-refractivity contribution in [3.05, 3.63) is 58.6 Å². The van der Waals surface area contributed by atoms with Gasteiger partial charge in [-0.3, -0.25) is 14.9 Å². The number of carbonyl (C=O) groups is 3. The van der Waals surface area contributed by atoms with Crippen LogP contribution in [0.25, 0.3) is 6.08 Å². The number of nitrogens with zero attached hydrogens (tertiary/aromatic N) is 1. The van der Waals surface area contributed by atoms with Gasteiger partial charge in [0, 0.05) is 10.6 Å². The Hall–Kier alpha value is -3.32. The zero-order valence-electron chi connectivity index (χ0n) is 17.3. The van der Waals surface area contributed by atoms with Gasteiger partial charge in [-0.05, 0) is 61.9 Å². The fourth-order valence-corrected chi connectivity index (χ4v) is 3.17. The van der Waals surface area contributed by atoms with E-state index in [9.17, 15) is 14.4 Å². The lowest BCUT2D eigenvalue weighted by Gasteiger charge is -2.26. The van der Waals surface area contributed by atoms with Crippen molar-refractivity contribution in [3.63, 3.8) is 0 Å². The van der Waals surface area contributed by atoms with E-state index >= 15 is 0 Å². The lowest BCUT2D eigenvalue weighted by molar-refractivity contribution is -0.122. The molecule has 0 aliphatic carbocycles. The van der Waals surface area contributed by atoms with Gasteiger partial charge in [-0.2, -0.15) is 0 Å². The standard InChI is InChI=1S/C23H23ClN2O5/c1-3-5-12-31-18-9-7-17(8-10-18)26-22(28)19(21(27)25-23(26)29)14-15-13-16(24)6-11-20(15)30-4-2/h6-11,13-14H,3-5,12H2,1-2H3,(H,25,27,29)/b19-14-. The number of benzene rings is 2. The Morgan fingerprint density at radius 1 is 1.03 bits per heavy atom. The van der Waals surface area contributed by atoms with Crippen LogP contribution < -0.4 is 19.7 Å². The van der Waals surface area contributed by atoms with Crippen molar-refractivity contribution in [2.75, 3.05) is 18.1 Å². The minimum absolute atomic E-state index is 0.203. The molecule has 8 heteroatoms. The van der Waals surface area contributed by atoms with Crippen molar-refractivity contribution in [2.24, 2.45) is 0 Å². The third kappa shape index (κ3) is 5.24. The van der Waals surface area contributed by atoms with Gasteiger partial charge in [0.05, 0.1) is 18.9 Å². The summed E-state index contributed by atoms with van der Waals surface area (Å²) in [5, 5.41) is 2.63. The van der Waals surface area contributed by atoms with E-state index in [-0.39, 0.29) is 5.57 Å². The summed E-state index contributed by atoms with van der Waals surface area (Å²) in [6.07, 6.45) is 3.32. The van der Waals surface area contributed by atoms with Crippen LogP contribution in [0.15, 0.2) is 48.0 Å². The van der Waals surface area contributed by atoms with Gasteiger partial charge in [0.25, 0.3) is 11.8 Å². The molecule has 0 atom stereocenters. The van der Waals surface area contributed by atoms with Crippen LogP contribution in [0.4, 0.5) is 10.5 Å². The van der Waals surface area contributed by atoms with E-state index in [1.54, 1.807) is 42.5 Å². The van der Waals surface area contributed by atoms with Crippen molar-refractivity contribution >= 4 is 41.2 Å². The van der Waals surface area contributed by atoms with E-state index < -0.39 is 17.8 Å². The van der Waals surface area contributed by atoms with E-state index in [1.807, 2.05) is 6.92 Å². The maximum atomic E-state index is 13.1. The molecular weight excluding hydrogens is 420 g/mol. The van der Waals surface area contributed by atoms with Crippen molar-refractivity contribution < 1.29 is 23.9 Å². The first-order valence-electron chi connectivity index (χ1n) is 10.0. The highest BCUT2D eigenvalue weighted by atomic mass is 35.5. The molecule has 4 amide bonds. The molecule has 0 unspecified atom stereocenters. The fraction of sp³-hybridized carbons (Fsp3) is 0.261. The zero-order valence-corrected chi connectivity index (χ0v) is 18.1. The average Bonchev–Trinajstić information content (AvgIpc) is 2.74. The first kappa shape index (κ1) is 22.4. The number of imide groups is 2. The summed E-state index contributed by atoms with van der Waals surface area (Å²) in [5.74, 6) is -0.421. The summed E-state index contributed by atoms with van der Waals surface area (Å²) in [7, 11) is 0. The van der Waals surface area contributed by atoms with Crippen LogP contribution in [-0.4, -0.2) is 31.1 Å². The lowest BCUT2D eigenvalue weighted by atomic mass is 10.1. The molecular formula is C23H23ClN2O5. The van der Waals surface area contributed by atoms with E-state index in [4.69, 9.17) is 21.1 Å². The molecule has 3 rings (SSSR count). The SMILES string of the molecule is CCCCOc1ccc(N2C(=O)NC(=O)/C(=C/c3cc(Cl)ccc3OCC)C2=O)cc1. The second-order valence-electron chi connectivity index (χ2n) is 6.77. The molecule has 1 N–H and O–H groups in total. The largest absolute Gasteiger partial charge is 0.494 e. The highest BCUT2D eigenvalue weighted by molar-refractivity contribution is 6.39. The summed E-state index contributed by atoms with van der Waals surface area (Å²) in [6, 6.07) is 10.6. The number of rotatable bonds is 8. The van der Waals surface area contributed by atoms with Gasteiger partial charge < -0.3 is 9.47 Å². The van der Waals surface area contributed by atoms with Gasteiger partial charge in [-0.25, -0.2) is 9.69 Å². The van der Waals surface area contributed by atoms with Crippen LogP contribution in [0.3, 0.4) is 0 Å². The number of hydrogen-bond donors (Lipinski definition) is 1. The molecule has 1 heterocycles. The van der Waals surface area contributed by atoms with Gasteiger partial charge in [0.15, 0.2) is 0 Å². The predicted molar refractivity (Wildman–Crippen MR) is 118 cm³/mol. The normalized spacial score (nSPS) is 15.3. The Balaban J connectivity index is 1.91. The van der Waals surface area contributed by atoms with Gasteiger partial charge in [0.2, 0.25) is 0 Å². The number of halogens is 1. The predicted octanol–water partition coefficient (Wildman–Crippen LogP) is 4.58. The minimum Gasteiger partial charge on any atom is -0.494 e. The van der Waals surface area contributed by atoms with Crippen LogP contribution in [0.1, 0.15) is 32.3 Å². The van der Waals surface area contributed by atoms with Crippen molar-refractivity contribution in [2.45, 2.75) is 26.7 Å². The van der Waals surface area contributed by atoms with Gasteiger partial charge in [0.1, 0.15) is 17.1 Å². The number of amides is 4. The summed E-state index contributed by atoms with van der Waals surface area (Å²) in [6.45, 7) is 4.87. The molecule has 7 nitrogen and oxygen atoms in total. The Labute approximate surface area is 185 Å². The molecule has 0 aromatic heterocycles. The molecule has 2 aromatic carbocycles. The first-order chi connectivity index (χ1) is 14.9. The molecule has 0 saturated carbocycles. The maximum Gasteiger partial charge on any atom is 0.335 e. The topological polar surface area (TPSA) is 84.9 Å². The van der Waals surface area contributed by atoms with E-state index in [0.717, 1.165) is 17.7 Å². The van der Waals surface area contributed by atoms with Crippen LogP contribution in [0, 0.1) is 0 Å². The van der Waals surface area contributed by atoms with Crippen molar-refractivity contribution in [1.29, 1.82) is 0 Å². The number of ether oxygens (including phenoxy) is 2.